The van der Waals surface area contributed by atoms with Crippen LogP contribution in [0.5, 0.6) is 0 Å². The average Bonchev–Trinajstić information content (AvgIpc) is 3.48. The Morgan fingerprint density at radius 2 is 1.77 bits per heavy atom. The Hall–Kier alpha value is -3.19. The largest absolute Gasteiger partial charge is 0.461 e. The lowest BCUT2D eigenvalue weighted by atomic mass is 10.1. The summed E-state index contributed by atoms with van der Waals surface area (Å²) in [6.07, 6.45) is 1.67. The summed E-state index contributed by atoms with van der Waals surface area (Å²) in [6.45, 7) is 8.69. The van der Waals surface area contributed by atoms with E-state index in [1.165, 1.54) is 15.1 Å². The molecule has 0 amide bonds. The standard InChI is InChI=1S/C28H35FN6O4S/c1-21-13-22(2)15-24(14-21)28(36)39-12-11-32-7-9-33(10-8-32)26-19-35(40(37,38)20-26)18-25-17-34(31-30-25)16-23-5-3-4-6-27(23)29/h3-6,13-15,17,26H,7-12,16,18-20H2,1-2H3. The van der Waals surface area contributed by atoms with E-state index in [0.717, 1.165) is 37.3 Å². The molecule has 2 saturated heterocycles. The number of hydrogen-bond acceptors (Lipinski definition) is 8. The minimum atomic E-state index is -3.43. The lowest BCUT2D eigenvalue weighted by molar-refractivity contribution is 0.0401. The number of esters is 1. The predicted octanol–water partition coefficient (Wildman–Crippen LogP) is 2.07. The summed E-state index contributed by atoms with van der Waals surface area (Å²) in [6, 6.07) is 12.1. The molecule has 5 rings (SSSR count). The number of benzene rings is 2. The molecule has 1 atom stereocenters. The molecule has 0 aliphatic carbocycles. The number of aryl methyl sites for hydroxylation is 2. The first-order chi connectivity index (χ1) is 19.2. The highest BCUT2D eigenvalue weighted by atomic mass is 32.2. The third-order valence-corrected chi connectivity index (χ3v) is 9.32. The van der Waals surface area contributed by atoms with Gasteiger partial charge >= 0.3 is 5.97 Å². The fraction of sp³-hybridized carbons (Fsp3) is 0.464. The summed E-state index contributed by atoms with van der Waals surface area (Å²) >= 11 is 0. The highest BCUT2D eigenvalue weighted by Crippen LogP contribution is 2.22. The molecule has 2 aromatic carbocycles. The van der Waals surface area contributed by atoms with Crippen molar-refractivity contribution in [3.05, 3.63) is 82.4 Å². The van der Waals surface area contributed by atoms with E-state index in [4.69, 9.17) is 4.74 Å². The average molecular weight is 571 g/mol. The first-order valence-electron chi connectivity index (χ1n) is 13.5. The molecule has 1 aromatic heterocycles. The Morgan fingerprint density at radius 3 is 2.50 bits per heavy atom. The van der Waals surface area contributed by atoms with Crippen molar-refractivity contribution in [1.29, 1.82) is 0 Å². The zero-order chi connectivity index (χ0) is 28.3. The topological polar surface area (TPSA) is 101 Å². The number of carbonyl (C=O) groups excluding carboxylic acids is 1. The zero-order valence-corrected chi connectivity index (χ0v) is 23.7. The van der Waals surface area contributed by atoms with Gasteiger partial charge in [-0.25, -0.2) is 22.3 Å². The van der Waals surface area contributed by atoms with Crippen molar-refractivity contribution in [3.8, 4) is 0 Å². The van der Waals surface area contributed by atoms with Gasteiger partial charge in [0.05, 0.1) is 36.3 Å². The van der Waals surface area contributed by atoms with E-state index in [0.29, 0.717) is 36.5 Å². The Labute approximate surface area is 234 Å². The highest BCUT2D eigenvalue weighted by molar-refractivity contribution is 7.89. The molecule has 0 radical (unpaired) electrons. The Kier molecular flexibility index (Phi) is 8.60. The van der Waals surface area contributed by atoms with E-state index in [1.807, 2.05) is 32.0 Å². The van der Waals surface area contributed by atoms with Crippen LogP contribution in [0.1, 0.15) is 32.7 Å². The second kappa shape index (κ2) is 12.1. The predicted molar refractivity (Wildman–Crippen MR) is 148 cm³/mol. The van der Waals surface area contributed by atoms with Crippen molar-refractivity contribution < 1.29 is 22.3 Å². The molecule has 12 heteroatoms. The molecule has 2 fully saturated rings. The zero-order valence-electron chi connectivity index (χ0n) is 22.9. The maximum atomic E-state index is 14.0. The van der Waals surface area contributed by atoms with Gasteiger partial charge in [-0.2, -0.15) is 4.31 Å². The SMILES string of the molecule is Cc1cc(C)cc(C(=O)OCCN2CCN(C3CN(Cc4cn(Cc5ccccc5F)nn4)S(=O)(=O)C3)CC2)c1. The van der Waals surface area contributed by atoms with Gasteiger partial charge in [-0.15, -0.1) is 5.10 Å². The van der Waals surface area contributed by atoms with Gasteiger partial charge in [-0.3, -0.25) is 9.80 Å². The number of sulfonamides is 1. The van der Waals surface area contributed by atoms with Gasteiger partial charge in [0.2, 0.25) is 10.0 Å². The Balaban J connectivity index is 1.07. The molecule has 0 N–H and O–H groups in total. The number of halogens is 1. The second-order valence-electron chi connectivity index (χ2n) is 10.6. The van der Waals surface area contributed by atoms with E-state index < -0.39 is 10.0 Å². The van der Waals surface area contributed by atoms with Crippen LogP contribution >= 0.6 is 0 Å². The maximum absolute atomic E-state index is 14.0. The third kappa shape index (κ3) is 6.92. The molecule has 0 spiro atoms. The lowest BCUT2D eigenvalue weighted by Gasteiger charge is -2.37. The van der Waals surface area contributed by atoms with Crippen molar-refractivity contribution >= 4 is 16.0 Å². The van der Waals surface area contributed by atoms with Crippen LogP contribution in [0.15, 0.2) is 48.7 Å². The minimum Gasteiger partial charge on any atom is -0.461 e. The number of rotatable bonds is 9. The number of piperazine rings is 1. The van der Waals surface area contributed by atoms with E-state index in [9.17, 15) is 17.6 Å². The van der Waals surface area contributed by atoms with Gasteiger partial charge in [0.15, 0.2) is 0 Å². The Morgan fingerprint density at radius 1 is 1.05 bits per heavy atom. The van der Waals surface area contributed by atoms with Gasteiger partial charge in [-0.1, -0.05) is 40.6 Å². The summed E-state index contributed by atoms with van der Waals surface area (Å²) in [7, 11) is -3.43. The third-order valence-electron chi connectivity index (χ3n) is 7.45. The van der Waals surface area contributed by atoms with E-state index in [1.54, 1.807) is 24.4 Å². The molecule has 0 saturated carbocycles. The number of hydrogen-bond donors (Lipinski definition) is 0. The molecular formula is C28H35FN6O4S. The molecule has 2 aliphatic heterocycles. The minimum absolute atomic E-state index is 0.0733. The number of aromatic nitrogens is 3. The van der Waals surface area contributed by atoms with Gasteiger partial charge in [-0.05, 0) is 32.0 Å². The van der Waals surface area contributed by atoms with Crippen molar-refractivity contribution in [1.82, 2.24) is 29.1 Å². The van der Waals surface area contributed by atoms with Crippen LogP contribution in [0.2, 0.25) is 0 Å². The van der Waals surface area contributed by atoms with Crippen LogP contribution in [0.3, 0.4) is 0 Å². The van der Waals surface area contributed by atoms with Crippen LogP contribution in [0.4, 0.5) is 4.39 Å². The molecule has 3 heterocycles. The van der Waals surface area contributed by atoms with Crippen LogP contribution in [0.25, 0.3) is 0 Å². The second-order valence-corrected chi connectivity index (χ2v) is 12.6. The molecule has 214 valence electrons. The van der Waals surface area contributed by atoms with Crippen LogP contribution in [0, 0.1) is 19.7 Å². The summed E-state index contributed by atoms with van der Waals surface area (Å²) in [5, 5.41) is 8.17. The number of nitrogens with zero attached hydrogens (tertiary/aromatic N) is 6. The van der Waals surface area contributed by atoms with Crippen LogP contribution < -0.4 is 0 Å². The van der Waals surface area contributed by atoms with Crippen molar-refractivity contribution in [2.24, 2.45) is 0 Å². The molecule has 1 unspecified atom stereocenters. The molecule has 3 aromatic rings. The number of carbonyl (C=O) groups is 1. The first-order valence-corrected chi connectivity index (χ1v) is 15.1. The van der Waals surface area contributed by atoms with Gasteiger partial charge in [0.1, 0.15) is 12.4 Å². The first kappa shape index (κ1) is 28.3. The smallest absolute Gasteiger partial charge is 0.338 e. The van der Waals surface area contributed by atoms with E-state index in [2.05, 4.69) is 20.1 Å². The lowest BCUT2D eigenvalue weighted by Crippen LogP contribution is -2.52. The normalized spacial score (nSPS) is 20.1. The highest BCUT2D eigenvalue weighted by Gasteiger charge is 2.40. The van der Waals surface area contributed by atoms with Crippen LogP contribution in [-0.2, 0) is 27.8 Å². The molecular weight excluding hydrogens is 535 g/mol. The Bertz CT molecular complexity index is 1430. The molecule has 10 nitrogen and oxygen atoms in total. The van der Waals surface area contributed by atoms with E-state index in [-0.39, 0.29) is 36.7 Å². The van der Waals surface area contributed by atoms with Crippen molar-refractivity contribution in [2.45, 2.75) is 33.0 Å². The van der Waals surface area contributed by atoms with Gasteiger partial charge in [0, 0.05) is 50.9 Å². The quantitative estimate of drug-likeness (QED) is 0.361. The maximum Gasteiger partial charge on any atom is 0.338 e. The summed E-state index contributed by atoms with van der Waals surface area (Å²) in [5.74, 6) is -0.555. The summed E-state index contributed by atoms with van der Waals surface area (Å²) in [4.78, 5) is 16.9. The van der Waals surface area contributed by atoms with Crippen molar-refractivity contribution in [2.75, 3.05) is 51.6 Å². The van der Waals surface area contributed by atoms with Gasteiger partial charge < -0.3 is 4.74 Å². The molecule has 2 aliphatic rings. The van der Waals surface area contributed by atoms with Crippen LogP contribution in [-0.4, -0.2) is 101 Å². The molecule has 40 heavy (non-hydrogen) atoms. The summed E-state index contributed by atoms with van der Waals surface area (Å²) in [5.41, 5.74) is 3.65. The summed E-state index contributed by atoms with van der Waals surface area (Å²) < 4.78 is 48.3. The van der Waals surface area contributed by atoms with Crippen molar-refractivity contribution in [3.63, 3.8) is 0 Å². The molecule has 0 bridgehead atoms. The van der Waals surface area contributed by atoms with Gasteiger partial charge in [0.25, 0.3) is 0 Å². The van der Waals surface area contributed by atoms with E-state index >= 15 is 0 Å². The fourth-order valence-electron chi connectivity index (χ4n) is 5.40. The fourth-order valence-corrected chi connectivity index (χ4v) is 7.14. The monoisotopic (exact) mass is 570 g/mol. The number of ether oxygens (including phenoxy) is 1.